The monoisotopic (exact) mass is 569 g/mol. The molecule has 1 aromatic heterocycles. The van der Waals surface area contributed by atoms with Crippen molar-refractivity contribution < 1.29 is 17.6 Å². The summed E-state index contributed by atoms with van der Waals surface area (Å²) in [5.41, 5.74) is 2.68. The lowest BCUT2D eigenvalue weighted by Gasteiger charge is -2.30. The number of nitrogens with zero attached hydrogens (tertiary/aromatic N) is 4. The van der Waals surface area contributed by atoms with Gasteiger partial charge in [0, 0.05) is 36.2 Å². The van der Waals surface area contributed by atoms with Gasteiger partial charge in [-0.1, -0.05) is 37.1 Å². The summed E-state index contributed by atoms with van der Waals surface area (Å²) in [5.74, 6) is 0.532. The van der Waals surface area contributed by atoms with Gasteiger partial charge in [0.2, 0.25) is 11.8 Å². The van der Waals surface area contributed by atoms with Gasteiger partial charge in [0.1, 0.15) is 17.0 Å². The van der Waals surface area contributed by atoms with Crippen LogP contribution in [-0.4, -0.2) is 49.4 Å². The zero-order valence-corrected chi connectivity index (χ0v) is 23.5. The van der Waals surface area contributed by atoms with Crippen LogP contribution in [0.4, 0.5) is 5.69 Å². The summed E-state index contributed by atoms with van der Waals surface area (Å²) < 4.78 is 30.2. The number of rotatable bonds is 6. The number of nitriles is 2. The predicted molar refractivity (Wildman–Crippen MR) is 153 cm³/mol. The molecule has 1 aliphatic heterocycles. The van der Waals surface area contributed by atoms with E-state index in [-0.39, 0.29) is 29.2 Å². The fourth-order valence-electron chi connectivity index (χ4n) is 5.95. The normalized spacial score (nSPS) is 22.7. The average molecular weight is 570 g/mol. The third-order valence-electron chi connectivity index (χ3n) is 8.55. The molecule has 2 atom stereocenters. The first-order valence-electron chi connectivity index (χ1n) is 14.1. The molecule has 0 bridgehead atoms. The van der Waals surface area contributed by atoms with Crippen LogP contribution >= 0.6 is 0 Å². The van der Waals surface area contributed by atoms with Crippen molar-refractivity contribution in [2.24, 2.45) is 5.92 Å². The Bertz CT molecular complexity index is 1650. The maximum atomic E-state index is 13.5. The van der Waals surface area contributed by atoms with Crippen molar-refractivity contribution in [3.63, 3.8) is 0 Å². The average Bonchev–Trinajstić information content (AvgIpc) is 3.63. The fourth-order valence-corrected chi connectivity index (χ4v) is 7.15. The Labute approximate surface area is 239 Å². The van der Waals surface area contributed by atoms with Crippen LogP contribution in [0, 0.1) is 28.6 Å². The number of aromatic nitrogens is 1. The van der Waals surface area contributed by atoms with Crippen LogP contribution in [0.3, 0.4) is 0 Å². The second-order valence-electron chi connectivity index (χ2n) is 11.3. The number of hydrogen-bond donors (Lipinski definition) is 1. The van der Waals surface area contributed by atoms with Crippen molar-refractivity contribution in [1.29, 1.82) is 10.5 Å². The van der Waals surface area contributed by atoms with E-state index in [1.807, 2.05) is 30.3 Å². The van der Waals surface area contributed by atoms with Crippen molar-refractivity contribution in [3.05, 3.63) is 59.9 Å². The second kappa shape index (κ2) is 10.7. The number of carbonyl (C=O) groups is 1. The lowest BCUT2D eigenvalue weighted by atomic mass is 9.76. The van der Waals surface area contributed by atoms with Gasteiger partial charge >= 0.3 is 0 Å². The van der Waals surface area contributed by atoms with Gasteiger partial charge in [-0.25, -0.2) is 13.4 Å². The molecule has 6 rings (SSSR count). The van der Waals surface area contributed by atoms with Crippen LogP contribution in [-0.2, 0) is 14.6 Å². The molecule has 9 nitrogen and oxygen atoms in total. The highest BCUT2D eigenvalue weighted by molar-refractivity contribution is 7.91. The van der Waals surface area contributed by atoms with Gasteiger partial charge in [-0.05, 0) is 49.9 Å². The van der Waals surface area contributed by atoms with Gasteiger partial charge in [0.25, 0.3) is 0 Å². The van der Waals surface area contributed by atoms with E-state index in [0.717, 1.165) is 30.5 Å². The van der Waals surface area contributed by atoms with Crippen LogP contribution in [0.5, 0.6) is 0 Å². The molecule has 1 amide bonds. The van der Waals surface area contributed by atoms with Crippen LogP contribution in [0.15, 0.2) is 52.9 Å². The molecule has 41 heavy (non-hydrogen) atoms. The molecule has 0 radical (unpaired) electrons. The number of benzene rings is 2. The largest absolute Gasteiger partial charge is 0.440 e. The van der Waals surface area contributed by atoms with Gasteiger partial charge in [0.15, 0.2) is 9.84 Å². The van der Waals surface area contributed by atoms with Crippen molar-refractivity contribution in [3.8, 4) is 34.8 Å². The van der Waals surface area contributed by atoms with Crippen LogP contribution in [0.1, 0.15) is 55.8 Å². The van der Waals surface area contributed by atoms with E-state index in [1.165, 1.54) is 0 Å². The Hall–Kier alpha value is -4.15. The van der Waals surface area contributed by atoms with E-state index >= 15 is 0 Å². The first kappa shape index (κ1) is 27.0. The zero-order chi connectivity index (χ0) is 28.6. The van der Waals surface area contributed by atoms with E-state index < -0.39 is 15.4 Å². The highest BCUT2D eigenvalue weighted by atomic mass is 32.2. The van der Waals surface area contributed by atoms with E-state index in [1.54, 1.807) is 18.2 Å². The summed E-state index contributed by atoms with van der Waals surface area (Å²) >= 11 is 0. The van der Waals surface area contributed by atoms with E-state index in [9.17, 15) is 23.7 Å². The molecule has 2 aliphatic carbocycles. The minimum Gasteiger partial charge on any atom is -0.440 e. The van der Waals surface area contributed by atoms with Crippen LogP contribution in [0.25, 0.3) is 22.7 Å². The molecule has 0 spiro atoms. The molecule has 3 fully saturated rings. The Balaban J connectivity index is 1.37. The molecule has 2 unspecified atom stereocenters. The third kappa shape index (κ3) is 5.45. The third-order valence-corrected chi connectivity index (χ3v) is 10.2. The Morgan fingerprint density at radius 3 is 2.41 bits per heavy atom. The standard InChI is InChI=1S/C31H31N5O4S/c32-19-22-5-1-2-6-24(22)30-34-27(21-9-11-23(12-10-21)36-15-17-41(38,39)18-16-36)28(40-30)25-7-3-4-8-26(25)29(37)35-31(20-33)13-14-31/h1-2,5-6,9-12,25-26H,3-4,7-8,13-18H2,(H,35,37). The highest BCUT2D eigenvalue weighted by Gasteiger charge is 2.47. The molecule has 2 heterocycles. The smallest absolute Gasteiger partial charge is 0.228 e. The summed E-state index contributed by atoms with van der Waals surface area (Å²) in [6.07, 6.45) is 4.65. The predicted octanol–water partition coefficient (Wildman–Crippen LogP) is 4.56. The minimum atomic E-state index is -2.98. The SMILES string of the molecule is N#Cc1ccccc1-c1nc(-c2ccc(N3CCS(=O)(=O)CC3)cc2)c(C2CCCCC2C(=O)NC2(C#N)CC2)o1. The number of nitrogens with one attached hydrogen (secondary N) is 1. The van der Waals surface area contributed by atoms with E-state index in [0.29, 0.717) is 60.8 Å². The van der Waals surface area contributed by atoms with Crippen molar-refractivity contribution >= 4 is 21.4 Å². The number of hydrogen-bond acceptors (Lipinski definition) is 8. The van der Waals surface area contributed by atoms with E-state index in [4.69, 9.17) is 9.40 Å². The maximum absolute atomic E-state index is 13.5. The maximum Gasteiger partial charge on any atom is 0.228 e. The van der Waals surface area contributed by atoms with E-state index in [2.05, 4.69) is 22.4 Å². The lowest BCUT2D eigenvalue weighted by molar-refractivity contribution is -0.127. The first-order chi connectivity index (χ1) is 19.8. The molecule has 210 valence electrons. The van der Waals surface area contributed by atoms with Crippen LogP contribution in [0.2, 0.25) is 0 Å². The van der Waals surface area contributed by atoms with Gasteiger partial charge in [-0.3, -0.25) is 4.79 Å². The summed E-state index contributed by atoms with van der Waals surface area (Å²) in [7, 11) is -2.98. The number of sulfone groups is 1. The molecule has 2 aromatic carbocycles. The lowest BCUT2D eigenvalue weighted by Crippen LogP contribution is -2.42. The van der Waals surface area contributed by atoms with Gasteiger partial charge in [-0.2, -0.15) is 10.5 Å². The fraction of sp³-hybridized carbons (Fsp3) is 0.419. The minimum absolute atomic E-state index is 0.120. The summed E-state index contributed by atoms with van der Waals surface area (Å²) in [5, 5.41) is 22.3. The summed E-state index contributed by atoms with van der Waals surface area (Å²) in [6, 6.07) is 19.5. The van der Waals surface area contributed by atoms with Gasteiger partial charge in [-0.15, -0.1) is 0 Å². The Kier molecular flexibility index (Phi) is 7.04. The highest BCUT2D eigenvalue weighted by Crippen LogP contribution is 2.45. The number of carbonyl (C=O) groups excluding carboxylic acids is 1. The Morgan fingerprint density at radius 1 is 1.02 bits per heavy atom. The molecule has 3 aliphatic rings. The molecule has 2 saturated carbocycles. The number of amides is 1. The molecule has 1 N–H and O–H groups in total. The first-order valence-corrected chi connectivity index (χ1v) is 15.9. The van der Waals surface area contributed by atoms with Gasteiger partial charge in [0.05, 0.1) is 34.8 Å². The quantitative estimate of drug-likeness (QED) is 0.456. The van der Waals surface area contributed by atoms with Gasteiger partial charge < -0.3 is 14.6 Å². The van der Waals surface area contributed by atoms with Crippen molar-refractivity contribution in [2.45, 2.75) is 50.0 Å². The van der Waals surface area contributed by atoms with Crippen LogP contribution < -0.4 is 10.2 Å². The topological polar surface area (TPSA) is 140 Å². The molecule has 1 saturated heterocycles. The Morgan fingerprint density at radius 2 is 1.73 bits per heavy atom. The molecule has 10 heteroatoms. The second-order valence-corrected chi connectivity index (χ2v) is 13.6. The number of oxazole rings is 1. The molecular weight excluding hydrogens is 538 g/mol. The zero-order valence-electron chi connectivity index (χ0n) is 22.7. The summed E-state index contributed by atoms with van der Waals surface area (Å²) in [6.45, 7) is 0.907. The number of anilines is 1. The molecular formula is C31H31N5O4S. The van der Waals surface area contributed by atoms with Crippen molar-refractivity contribution in [2.75, 3.05) is 29.5 Å². The summed E-state index contributed by atoms with van der Waals surface area (Å²) in [4.78, 5) is 20.4. The van der Waals surface area contributed by atoms with Crippen molar-refractivity contribution in [1.82, 2.24) is 10.3 Å². The molecule has 3 aromatic rings.